The van der Waals surface area contributed by atoms with Crippen LogP contribution >= 0.6 is 0 Å². The van der Waals surface area contributed by atoms with Crippen molar-refractivity contribution >= 4 is 39.6 Å². The van der Waals surface area contributed by atoms with E-state index < -0.39 is 0 Å². The molecule has 1 aliphatic carbocycles. The van der Waals surface area contributed by atoms with Gasteiger partial charge in [-0.3, -0.25) is 0 Å². The van der Waals surface area contributed by atoms with E-state index in [9.17, 15) is 0 Å². The van der Waals surface area contributed by atoms with E-state index in [1.165, 1.54) is 64.1 Å². The van der Waals surface area contributed by atoms with Gasteiger partial charge in [-0.2, -0.15) is 0 Å². The van der Waals surface area contributed by atoms with E-state index in [4.69, 9.17) is 4.98 Å². The van der Waals surface area contributed by atoms with E-state index in [1.807, 2.05) is 0 Å². The minimum absolute atomic E-state index is 0.0409. The summed E-state index contributed by atoms with van der Waals surface area (Å²) in [7, 11) is 0. The van der Waals surface area contributed by atoms with E-state index >= 15 is 0 Å². The Morgan fingerprint density at radius 2 is 1.38 bits per heavy atom. The van der Waals surface area contributed by atoms with Gasteiger partial charge in [0.05, 0.1) is 0 Å². The van der Waals surface area contributed by atoms with E-state index in [-0.39, 0.29) is 19.9 Å². The van der Waals surface area contributed by atoms with Gasteiger partial charge < -0.3 is 0 Å². The van der Waals surface area contributed by atoms with Crippen LogP contribution in [0.4, 0.5) is 0 Å². The Labute approximate surface area is 221 Å². The van der Waals surface area contributed by atoms with Crippen molar-refractivity contribution in [3.63, 3.8) is 0 Å². The fourth-order valence-electron chi connectivity index (χ4n) is 6.17. The Morgan fingerprint density at radius 3 is 2.30 bits per heavy atom. The van der Waals surface area contributed by atoms with Gasteiger partial charge in [-0.15, -0.1) is 0 Å². The number of para-hydroxylation sites is 1. The van der Waals surface area contributed by atoms with Crippen LogP contribution in [-0.4, -0.2) is 23.9 Å². The monoisotopic (exact) mass is 540 g/mol. The third kappa shape index (κ3) is 2.96. The molecule has 0 amide bonds. The molecular formula is C34H24N2Se. The predicted molar refractivity (Wildman–Crippen MR) is 156 cm³/mol. The molecule has 2 nitrogen and oxygen atoms in total. The molecular weight excluding hydrogens is 515 g/mol. The molecule has 7 aromatic rings. The van der Waals surface area contributed by atoms with Gasteiger partial charge in [0.15, 0.2) is 0 Å². The topological polar surface area (TPSA) is 17.3 Å². The number of hydrogen-bond donors (Lipinski definition) is 0. The van der Waals surface area contributed by atoms with Crippen LogP contribution in [0.3, 0.4) is 0 Å². The second-order valence-corrected chi connectivity index (χ2v) is 12.6. The molecule has 5 aromatic carbocycles. The summed E-state index contributed by atoms with van der Waals surface area (Å²) in [6.45, 7) is 4.70. The summed E-state index contributed by atoms with van der Waals surface area (Å²) in [6.07, 6.45) is 0. The molecule has 0 aliphatic heterocycles. The Hall–Kier alpha value is -3.91. The van der Waals surface area contributed by atoms with Crippen molar-refractivity contribution in [3.8, 4) is 33.6 Å². The Kier molecular flexibility index (Phi) is 4.33. The number of benzene rings is 5. The molecule has 0 atom stereocenters. The van der Waals surface area contributed by atoms with Gasteiger partial charge in [0.1, 0.15) is 0 Å². The second kappa shape index (κ2) is 7.55. The fourth-order valence-corrected chi connectivity index (χ4v) is 8.32. The van der Waals surface area contributed by atoms with Crippen LogP contribution in [0.15, 0.2) is 109 Å². The zero-order valence-electron chi connectivity index (χ0n) is 20.7. The molecule has 0 radical (unpaired) electrons. The Bertz CT molecular complexity index is 2020. The first-order chi connectivity index (χ1) is 18.1. The van der Waals surface area contributed by atoms with Gasteiger partial charge in [-0.25, -0.2) is 0 Å². The number of aromatic nitrogens is 2. The second-order valence-electron chi connectivity index (χ2n) is 10.5. The number of nitrogens with zero attached hydrogens (tertiary/aromatic N) is 2. The fraction of sp³-hybridized carbons (Fsp3) is 0.0882. The standard InChI is InChI=1S/C34H24N2Se/c1-34(2)27-12-6-5-11-25(27)26-18-17-24(20-28(26)34)32-31(23-16-15-21-9-3-4-10-22(21)19-23)35-33-36(32)29-13-7-8-14-30(29)37-33/h3-20H,1-2H3. The maximum absolute atomic E-state index is 5.32. The normalized spacial score (nSPS) is 13.9. The van der Waals surface area contributed by atoms with Crippen molar-refractivity contribution in [1.29, 1.82) is 0 Å². The van der Waals surface area contributed by atoms with Crippen LogP contribution in [0.2, 0.25) is 0 Å². The molecule has 0 saturated carbocycles. The number of imidazole rings is 1. The van der Waals surface area contributed by atoms with Crippen LogP contribution in [0.25, 0.3) is 58.7 Å². The Morgan fingerprint density at radius 1 is 0.649 bits per heavy atom. The molecule has 176 valence electrons. The van der Waals surface area contributed by atoms with Crippen molar-refractivity contribution in [1.82, 2.24) is 9.38 Å². The SMILES string of the molecule is CC1(C)c2ccccc2-c2ccc(-c3c(-c4ccc5ccccc5c4)nc4[se]c5ccccc5n34)cc21. The molecule has 8 rings (SSSR count). The molecule has 0 saturated heterocycles. The zero-order chi connectivity index (χ0) is 24.7. The molecule has 0 N–H and O–H groups in total. The molecule has 0 fully saturated rings. The van der Waals surface area contributed by atoms with E-state index in [0.717, 1.165) is 5.69 Å². The van der Waals surface area contributed by atoms with Crippen molar-refractivity contribution in [2.75, 3.05) is 0 Å². The van der Waals surface area contributed by atoms with Crippen molar-refractivity contribution in [2.24, 2.45) is 0 Å². The average molecular weight is 540 g/mol. The summed E-state index contributed by atoms with van der Waals surface area (Å²) in [5, 5.41) is 2.50. The molecule has 2 heterocycles. The summed E-state index contributed by atoms with van der Waals surface area (Å²) in [6, 6.07) is 40.0. The number of hydrogen-bond acceptors (Lipinski definition) is 1. The van der Waals surface area contributed by atoms with E-state index in [2.05, 4.69) is 127 Å². The van der Waals surface area contributed by atoms with Gasteiger partial charge in [0, 0.05) is 0 Å². The van der Waals surface area contributed by atoms with Gasteiger partial charge in [-0.1, -0.05) is 0 Å². The van der Waals surface area contributed by atoms with Crippen LogP contribution in [-0.2, 0) is 5.41 Å². The van der Waals surface area contributed by atoms with Crippen molar-refractivity contribution in [2.45, 2.75) is 19.3 Å². The predicted octanol–water partition coefficient (Wildman–Crippen LogP) is 8.34. The molecule has 2 aromatic heterocycles. The van der Waals surface area contributed by atoms with Crippen molar-refractivity contribution < 1.29 is 0 Å². The first-order valence-corrected chi connectivity index (χ1v) is 14.4. The quantitative estimate of drug-likeness (QED) is 0.202. The number of rotatable bonds is 2. The third-order valence-electron chi connectivity index (χ3n) is 8.03. The summed E-state index contributed by atoms with van der Waals surface area (Å²) in [4.78, 5) is 5.32. The van der Waals surface area contributed by atoms with Crippen LogP contribution in [0.1, 0.15) is 25.0 Å². The van der Waals surface area contributed by atoms with Gasteiger partial charge >= 0.3 is 222 Å². The third-order valence-corrected chi connectivity index (χ3v) is 10.2. The summed E-state index contributed by atoms with van der Waals surface area (Å²) >= 11 is 0.187. The molecule has 0 spiro atoms. The summed E-state index contributed by atoms with van der Waals surface area (Å²) < 4.78 is 5.00. The van der Waals surface area contributed by atoms with Gasteiger partial charge in [0.2, 0.25) is 0 Å². The van der Waals surface area contributed by atoms with Crippen LogP contribution in [0.5, 0.6) is 0 Å². The maximum atomic E-state index is 5.32. The first-order valence-electron chi connectivity index (χ1n) is 12.7. The van der Waals surface area contributed by atoms with Crippen LogP contribution < -0.4 is 0 Å². The average Bonchev–Trinajstić information content (AvgIpc) is 3.55. The Balaban J connectivity index is 1.43. The molecule has 0 unspecified atom stereocenters. The molecule has 0 bridgehead atoms. The molecule has 37 heavy (non-hydrogen) atoms. The van der Waals surface area contributed by atoms with Crippen LogP contribution in [0, 0.1) is 0 Å². The van der Waals surface area contributed by atoms with Gasteiger partial charge in [0.25, 0.3) is 0 Å². The molecule has 3 heteroatoms. The summed E-state index contributed by atoms with van der Waals surface area (Å²) in [5.41, 5.74) is 11.4. The summed E-state index contributed by atoms with van der Waals surface area (Å²) in [5.74, 6) is 0. The van der Waals surface area contributed by atoms with Gasteiger partial charge in [-0.05, 0) is 0 Å². The van der Waals surface area contributed by atoms with E-state index in [0.29, 0.717) is 0 Å². The van der Waals surface area contributed by atoms with E-state index in [1.54, 1.807) is 0 Å². The molecule has 1 aliphatic rings. The van der Waals surface area contributed by atoms with Crippen molar-refractivity contribution in [3.05, 3.63) is 120 Å². The first kappa shape index (κ1) is 21.2. The number of fused-ring (bicyclic) bond motifs is 7. The minimum atomic E-state index is -0.0409. The zero-order valence-corrected chi connectivity index (χ0v) is 22.4.